The molecule has 2 heterocycles. The molecule has 0 saturated heterocycles. The van der Waals surface area contributed by atoms with Gasteiger partial charge in [0.05, 0.1) is 11.2 Å². The van der Waals surface area contributed by atoms with E-state index < -0.39 is 5.91 Å². The van der Waals surface area contributed by atoms with Crippen molar-refractivity contribution >= 4 is 23.3 Å². The molecule has 0 aliphatic heterocycles. The predicted molar refractivity (Wildman–Crippen MR) is 72.3 cm³/mol. The molecule has 100 valence electrons. The minimum Gasteiger partial charge on any atom is -0.304 e. The summed E-state index contributed by atoms with van der Waals surface area (Å²) in [4.78, 5) is 19.9. The van der Waals surface area contributed by atoms with Gasteiger partial charge < -0.3 is 5.32 Å². The first-order chi connectivity index (χ1) is 9.10. The molecule has 0 atom stereocenters. The normalized spacial score (nSPS) is 10.5. The highest BCUT2D eigenvalue weighted by Gasteiger charge is 2.14. The number of nitrogens with zero attached hydrogens (tertiary/aromatic N) is 3. The van der Waals surface area contributed by atoms with Crippen LogP contribution in [0.4, 0.5) is 5.82 Å². The largest absolute Gasteiger partial charge is 0.304 e. The Balaban J connectivity index is 2.13. The number of halogens is 1. The smallest absolute Gasteiger partial charge is 0.277 e. The number of aryl methyl sites for hydroxylation is 2. The molecule has 0 saturated carbocycles. The number of carbonyl (C=O) groups is 1. The van der Waals surface area contributed by atoms with Crippen molar-refractivity contribution in [1.29, 1.82) is 0 Å². The van der Waals surface area contributed by atoms with E-state index in [-0.39, 0.29) is 10.7 Å². The zero-order chi connectivity index (χ0) is 13.8. The third kappa shape index (κ3) is 3.29. The highest BCUT2D eigenvalue weighted by Crippen LogP contribution is 2.14. The molecule has 2 N–H and O–H groups in total. The van der Waals surface area contributed by atoms with Gasteiger partial charge in [0, 0.05) is 11.8 Å². The Morgan fingerprint density at radius 1 is 1.53 bits per heavy atom. The molecule has 7 heteroatoms. The zero-order valence-electron chi connectivity index (χ0n) is 10.7. The van der Waals surface area contributed by atoms with Gasteiger partial charge in [-0.2, -0.15) is 5.10 Å². The van der Waals surface area contributed by atoms with E-state index in [1.165, 1.54) is 6.20 Å². The van der Waals surface area contributed by atoms with E-state index in [4.69, 9.17) is 11.6 Å². The number of aromatic nitrogens is 4. The minimum absolute atomic E-state index is 0.147. The van der Waals surface area contributed by atoms with E-state index in [0.29, 0.717) is 11.6 Å². The van der Waals surface area contributed by atoms with Crippen molar-refractivity contribution in [3.8, 4) is 0 Å². The molecule has 19 heavy (non-hydrogen) atoms. The van der Waals surface area contributed by atoms with Crippen molar-refractivity contribution in [1.82, 2.24) is 20.2 Å². The molecule has 0 bridgehead atoms. The fourth-order valence-electron chi connectivity index (χ4n) is 1.61. The first kappa shape index (κ1) is 13.5. The van der Waals surface area contributed by atoms with Crippen LogP contribution in [0.2, 0.25) is 5.02 Å². The van der Waals surface area contributed by atoms with E-state index >= 15 is 0 Å². The number of H-pyrrole nitrogens is 1. The summed E-state index contributed by atoms with van der Waals surface area (Å²) in [6, 6.07) is 1.79. The van der Waals surface area contributed by atoms with E-state index in [9.17, 15) is 4.79 Å². The second-order valence-corrected chi connectivity index (χ2v) is 4.50. The van der Waals surface area contributed by atoms with Crippen LogP contribution in [0, 0.1) is 6.92 Å². The lowest BCUT2D eigenvalue weighted by Crippen LogP contribution is -2.15. The summed E-state index contributed by atoms with van der Waals surface area (Å²) in [5.41, 5.74) is 1.12. The fourth-order valence-corrected chi connectivity index (χ4v) is 1.79. The maximum Gasteiger partial charge on any atom is 0.277 e. The zero-order valence-corrected chi connectivity index (χ0v) is 11.5. The molecule has 2 aromatic rings. The average molecular weight is 280 g/mol. The Bertz CT molecular complexity index is 596. The lowest BCUT2D eigenvalue weighted by Gasteiger charge is -2.03. The quantitative estimate of drug-likeness (QED) is 0.900. The molecule has 0 radical (unpaired) electrons. The van der Waals surface area contributed by atoms with Crippen LogP contribution in [0.1, 0.15) is 35.4 Å². The monoisotopic (exact) mass is 279 g/mol. The van der Waals surface area contributed by atoms with E-state index in [0.717, 1.165) is 18.5 Å². The van der Waals surface area contributed by atoms with E-state index in [1.807, 2.05) is 0 Å². The molecule has 2 aromatic heterocycles. The summed E-state index contributed by atoms with van der Waals surface area (Å²) in [6.45, 7) is 3.77. The molecule has 1 amide bonds. The minimum atomic E-state index is -0.398. The second-order valence-electron chi connectivity index (χ2n) is 4.10. The van der Waals surface area contributed by atoms with Crippen molar-refractivity contribution < 1.29 is 4.79 Å². The van der Waals surface area contributed by atoms with Crippen molar-refractivity contribution in [2.24, 2.45) is 0 Å². The Kier molecular flexibility index (Phi) is 4.11. The summed E-state index contributed by atoms with van der Waals surface area (Å²) in [5, 5.41) is 9.73. The molecule has 0 spiro atoms. The van der Waals surface area contributed by atoms with Crippen LogP contribution in [0.15, 0.2) is 12.3 Å². The van der Waals surface area contributed by atoms with Crippen LogP contribution in [0.5, 0.6) is 0 Å². The Hall–Kier alpha value is -1.95. The van der Waals surface area contributed by atoms with Crippen LogP contribution in [0.3, 0.4) is 0 Å². The fraction of sp³-hybridized carbons (Fsp3) is 0.333. The number of hydrogen-bond donors (Lipinski definition) is 2. The molecule has 0 fully saturated rings. The lowest BCUT2D eigenvalue weighted by molar-refractivity contribution is 0.102. The van der Waals surface area contributed by atoms with Gasteiger partial charge in [0.15, 0.2) is 11.5 Å². The number of rotatable bonds is 4. The number of anilines is 1. The van der Waals surface area contributed by atoms with Gasteiger partial charge in [0.1, 0.15) is 5.82 Å². The Labute approximate surface area is 115 Å². The first-order valence-corrected chi connectivity index (χ1v) is 6.32. The lowest BCUT2D eigenvalue weighted by atomic mass is 10.2. The van der Waals surface area contributed by atoms with Crippen LogP contribution < -0.4 is 5.32 Å². The van der Waals surface area contributed by atoms with Gasteiger partial charge in [-0.25, -0.2) is 9.97 Å². The van der Waals surface area contributed by atoms with Crippen molar-refractivity contribution in [3.05, 3.63) is 34.5 Å². The molecule has 2 rings (SSSR count). The topological polar surface area (TPSA) is 83.6 Å². The molecule has 0 aromatic carbocycles. The van der Waals surface area contributed by atoms with Gasteiger partial charge in [-0.3, -0.25) is 9.89 Å². The molecule has 6 nitrogen and oxygen atoms in total. The molecular weight excluding hydrogens is 266 g/mol. The summed E-state index contributed by atoms with van der Waals surface area (Å²) < 4.78 is 0. The maximum atomic E-state index is 12.0. The average Bonchev–Trinajstić information content (AvgIpc) is 2.80. The van der Waals surface area contributed by atoms with Gasteiger partial charge >= 0.3 is 0 Å². The molecule has 0 unspecified atom stereocenters. The summed E-state index contributed by atoms with van der Waals surface area (Å²) >= 11 is 5.90. The van der Waals surface area contributed by atoms with Crippen LogP contribution >= 0.6 is 11.6 Å². The van der Waals surface area contributed by atoms with Gasteiger partial charge in [0.2, 0.25) is 0 Å². The summed E-state index contributed by atoms with van der Waals surface area (Å²) in [5.74, 6) is 0.550. The van der Waals surface area contributed by atoms with Gasteiger partial charge in [-0.15, -0.1) is 0 Å². The van der Waals surface area contributed by atoms with Crippen molar-refractivity contribution in [3.63, 3.8) is 0 Å². The Morgan fingerprint density at radius 3 is 3.05 bits per heavy atom. The van der Waals surface area contributed by atoms with Crippen molar-refractivity contribution in [2.75, 3.05) is 5.32 Å². The van der Waals surface area contributed by atoms with Crippen LogP contribution in [-0.2, 0) is 6.42 Å². The maximum absolute atomic E-state index is 12.0. The number of aromatic amines is 1. The first-order valence-electron chi connectivity index (χ1n) is 5.95. The third-order valence-electron chi connectivity index (χ3n) is 2.47. The highest BCUT2D eigenvalue weighted by molar-refractivity contribution is 6.33. The standard InChI is InChI=1S/C12H14ClN5O/c1-3-4-8-5-10(18-17-8)16-12(19)11-9(13)6-14-7(2)15-11/h5-6H,3-4H2,1-2H3,(H2,16,17,18,19). The number of carbonyl (C=O) groups excluding carboxylic acids is 1. The second kappa shape index (κ2) is 5.79. The molecular formula is C12H14ClN5O. The Morgan fingerprint density at radius 2 is 2.32 bits per heavy atom. The number of nitrogens with one attached hydrogen (secondary N) is 2. The predicted octanol–water partition coefficient (Wildman–Crippen LogP) is 2.37. The van der Waals surface area contributed by atoms with Gasteiger partial charge in [-0.1, -0.05) is 24.9 Å². The van der Waals surface area contributed by atoms with E-state index in [1.54, 1.807) is 13.0 Å². The summed E-state index contributed by atoms with van der Waals surface area (Å²) in [7, 11) is 0. The summed E-state index contributed by atoms with van der Waals surface area (Å²) in [6.07, 6.45) is 3.30. The van der Waals surface area contributed by atoms with E-state index in [2.05, 4.69) is 32.4 Å². The van der Waals surface area contributed by atoms with Gasteiger partial charge in [0.25, 0.3) is 5.91 Å². The number of amides is 1. The highest BCUT2D eigenvalue weighted by atomic mass is 35.5. The van der Waals surface area contributed by atoms with Crippen LogP contribution in [0.25, 0.3) is 0 Å². The molecule has 0 aliphatic rings. The molecule has 0 aliphatic carbocycles. The van der Waals surface area contributed by atoms with Crippen molar-refractivity contribution in [2.45, 2.75) is 26.7 Å². The van der Waals surface area contributed by atoms with Gasteiger partial charge in [-0.05, 0) is 13.3 Å². The third-order valence-corrected chi connectivity index (χ3v) is 2.75. The van der Waals surface area contributed by atoms with Crippen LogP contribution in [-0.4, -0.2) is 26.1 Å². The number of hydrogen-bond acceptors (Lipinski definition) is 4. The SMILES string of the molecule is CCCc1cc(NC(=O)c2nc(C)ncc2Cl)n[nH]1.